The maximum atomic E-state index is 13.7. The first kappa shape index (κ1) is 27.6. The molecule has 3 aromatic rings. The zero-order chi connectivity index (χ0) is 26.2. The lowest BCUT2D eigenvalue weighted by molar-refractivity contribution is -0.143. The van der Waals surface area contributed by atoms with Crippen LogP contribution in [0.3, 0.4) is 0 Å². The van der Waals surface area contributed by atoms with Crippen molar-refractivity contribution >= 4 is 35.0 Å². The number of amides is 2. The Morgan fingerprint density at radius 1 is 0.917 bits per heavy atom. The summed E-state index contributed by atoms with van der Waals surface area (Å²) in [7, 11) is 0. The smallest absolute Gasteiger partial charge is 0.261 e. The number of halogens is 2. The maximum Gasteiger partial charge on any atom is 0.261 e. The third kappa shape index (κ3) is 7.25. The van der Waals surface area contributed by atoms with Crippen LogP contribution in [0.25, 0.3) is 0 Å². The van der Waals surface area contributed by atoms with Gasteiger partial charge in [-0.05, 0) is 62.6 Å². The monoisotopic (exact) mass is 526 g/mol. The van der Waals surface area contributed by atoms with Crippen molar-refractivity contribution in [2.45, 2.75) is 52.7 Å². The molecule has 2 amide bonds. The molecule has 190 valence electrons. The molecule has 1 unspecified atom stereocenters. The summed E-state index contributed by atoms with van der Waals surface area (Å²) in [6.45, 7) is 7.55. The number of rotatable bonds is 10. The first-order valence-corrected chi connectivity index (χ1v) is 12.7. The molecule has 36 heavy (non-hydrogen) atoms. The lowest BCUT2D eigenvalue weighted by Gasteiger charge is -2.32. The molecule has 0 aliphatic rings. The molecular formula is C29H32Cl2N2O3. The molecule has 0 fully saturated rings. The Morgan fingerprint density at radius 2 is 1.56 bits per heavy atom. The van der Waals surface area contributed by atoms with Crippen LogP contribution in [0.4, 0.5) is 0 Å². The average molecular weight is 527 g/mol. The zero-order valence-corrected chi connectivity index (χ0v) is 22.6. The highest BCUT2D eigenvalue weighted by molar-refractivity contribution is 6.36. The van der Waals surface area contributed by atoms with Crippen molar-refractivity contribution in [2.75, 3.05) is 6.61 Å². The third-order valence-corrected chi connectivity index (χ3v) is 6.71. The minimum absolute atomic E-state index is 0.0660. The van der Waals surface area contributed by atoms with Gasteiger partial charge in [0.05, 0.1) is 0 Å². The van der Waals surface area contributed by atoms with Crippen LogP contribution in [-0.4, -0.2) is 35.4 Å². The van der Waals surface area contributed by atoms with Gasteiger partial charge in [0.25, 0.3) is 5.91 Å². The van der Waals surface area contributed by atoms with Gasteiger partial charge in [-0.1, -0.05) is 71.7 Å². The molecule has 0 spiro atoms. The highest BCUT2D eigenvalue weighted by atomic mass is 35.5. The van der Waals surface area contributed by atoms with Crippen molar-refractivity contribution in [3.8, 4) is 5.75 Å². The highest BCUT2D eigenvalue weighted by Gasteiger charge is 2.32. The molecule has 0 aliphatic heterocycles. The van der Waals surface area contributed by atoms with Gasteiger partial charge >= 0.3 is 0 Å². The number of nitrogens with one attached hydrogen (secondary N) is 1. The predicted molar refractivity (Wildman–Crippen MR) is 146 cm³/mol. The van der Waals surface area contributed by atoms with Crippen LogP contribution in [0.2, 0.25) is 10.0 Å². The highest BCUT2D eigenvalue weighted by Crippen LogP contribution is 2.28. The predicted octanol–water partition coefficient (Wildman–Crippen LogP) is 6.15. The van der Waals surface area contributed by atoms with Crippen LogP contribution in [0.5, 0.6) is 5.75 Å². The van der Waals surface area contributed by atoms with Crippen LogP contribution >= 0.6 is 23.2 Å². The molecule has 5 nitrogen and oxygen atoms in total. The standard InChI is InChI=1S/C29H32Cl2N2O3/c1-19(2)32-29(35)26(16-22-11-6-5-7-12-22)33(17-23-24(30)13-9-14-25(23)31)28(34)18-36-27-15-8-10-20(3)21(27)4/h5-15,19,26H,16-18H2,1-4H3,(H,32,35). The van der Waals surface area contributed by atoms with Gasteiger partial charge in [0, 0.05) is 34.6 Å². The van der Waals surface area contributed by atoms with E-state index in [1.54, 1.807) is 18.2 Å². The topological polar surface area (TPSA) is 58.6 Å². The van der Waals surface area contributed by atoms with Crippen LogP contribution in [0, 0.1) is 13.8 Å². The summed E-state index contributed by atoms with van der Waals surface area (Å²) in [5.74, 6) is 0.0363. The minimum atomic E-state index is -0.795. The van der Waals surface area contributed by atoms with Gasteiger partial charge in [0.1, 0.15) is 11.8 Å². The summed E-state index contributed by atoms with van der Waals surface area (Å²) >= 11 is 12.9. The van der Waals surface area contributed by atoms with Gasteiger partial charge in [0.15, 0.2) is 6.61 Å². The molecule has 0 saturated carbocycles. The van der Waals surface area contributed by atoms with Crippen molar-refractivity contribution in [1.82, 2.24) is 10.2 Å². The molecule has 7 heteroatoms. The number of carbonyl (C=O) groups is 2. The van der Waals surface area contributed by atoms with Gasteiger partial charge < -0.3 is 15.0 Å². The number of hydrogen-bond acceptors (Lipinski definition) is 3. The van der Waals surface area contributed by atoms with Gasteiger partial charge in [-0.3, -0.25) is 9.59 Å². The summed E-state index contributed by atoms with van der Waals surface area (Å²) in [6, 6.07) is 19.6. The third-order valence-electron chi connectivity index (χ3n) is 6.00. The molecule has 3 aromatic carbocycles. The van der Waals surface area contributed by atoms with Crippen molar-refractivity contribution in [3.05, 3.63) is 99.0 Å². The van der Waals surface area contributed by atoms with Crippen molar-refractivity contribution in [3.63, 3.8) is 0 Å². The van der Waals surface area contributed by atoms with Gasteiger partial charge in [-0.2, -0.15) is 0 Å². The molecule has 1 N–H and O–H groups in total. The largest absolute Gasteiger partial charge is 0.483 e. The molecule has 0 radical (unpaired) electrons. The fourth-order valence-corrected chi connectivity index (χ4v) is 4.41. The number of ether oxygens (including phenoxy) is 1. The average Bonchev–Trinajstić information content (AvgIpc) is 2.84. The lowest BCUT2D eigenvalue weighted by Crippen LogP contribution is -2.53. The van der Waals surface area contributed by atoms with Gasteiger partial charge in [0.2, 0.25) is 5.91 Å². The van der Waals surface area contributed by atoms with E-state index in [9.17, 15) is 9.59 Å². The summed E-state index contributed by atoms with van der Waals surface area (Å²) in [5, 5.41) is 3.82. The fraction of sp³-hybridized carbons (Fsp3) is 0.310. The van der Waals surface area contributed by atoms with Gasteiger partial charge in [-0.25, -0.2) is 0 Å². The van der Waals surface area contributed by atoms with Crippen LogP contribution < -0.4 is 10.1 Å². The van der Waals surface area contributed by atoms with Crippen molar-refractivity contribution in [1.29, 1.82) is 0 Å². The van der Waals surface area contributed by atoms with Crippen LogP contribution in [-0.2, 0) is 22.6 Å². The molecule has 3 rings (SSSR count). The van der Waals surface area contributed by atoms with E-state index in [0.717, 1.165) is 16.7 Å². The summed E-state index contributed by atoms with van der Waals surface area (Å²) in [4.78, 5) is 28.6. The number of hydrogen-bond donors (Lipinski definition) is 1. The Kier molecular flexibility index (Phi) is 9.80. The molecule has 1 atom stereocenters. The van der Waals surface area contributed by atoms with E-state index in [0.29, 0.717) is 27.8 Å². The molecule has 0 heterocycles. The Labute approximate surface area is 223 Å². The Morgan fingerprint density at radius 3 is 2.19 bits per heavy atom. The Bertz CT molecular complexity index is 1180. The van der Waals surface area contributed by atoms with Crippen molar-refractivity contribution < 1.29 is 14.3 Å². The molecule has 0 aliphatic carbocycles. The number of carbonyl (C=O) groups excluding carboxylic acids is 2. The minimum Gasteiger partial charge on any atom is -0.483 e. The first-order valence-electron chi connectivity index (χ1n) is 11.9. The summed E-state index contributed by atoms with van der Waals surface area (Å²) in [5.41, 5.74) is 3.54. The second-order valence-electron chi connectivity index (χ2n) is 9.08. The van der Waals surface area contributed by atoms with E-state index >= 15 is 0 Å². The summed E-state index contributed by atoms with van der Waals surface area (Å²) < 4.78 is 5.93. The normalized spacial score (nSPS) is 11.8. The van der Waals surface area contributed by atoms with Gasteiger partial charge in [-0.15, -0.1) is 0 Å². The van der Waals surface area contributed by atoms with E-state index in [1.165, 1.54) is 4.90 Å². The first-order chi connectivity index (χ1) is 17.2. The van der Waals surface area contributed by atoms with E-state index in [4.69, 9.17) is 27.9 Å². The quantitative estimate of drug-likeness (QED) is 0.344. The second-order valence-corrected chi connectivity index (χ2v) is 9.89. The number of nitrogens with zero attached hydrogens (tertiary/aromatic N) is 1. The number of benzene rings is 3. The van der Waals surface area contributed by atoms with Crippen LogP contribution in [0.1, 0.15) is 36.1 Å². The number of aryl methyl sites for hydroxylation is 1. The SMILES string of the molecule is Cc1cccc(OCC(=O)N(Cc2c(Cl)cccc2Cl)C(Cc2ccccc2)C(=O)NC(C)C)c1C. The van der Waals surface area contributed by atoms with Crippen molar-refractivity contribution in [2.24, 2.45) is 0 Å². The summed E-state index contributed by atoms with van der Waals surface area (Å²) in [6.07, 6.45) is 0.330. The molecular weight excluding hydrogens is 495 g/mol. The maximum absolute atomic E-state index is 13.7. The molecule has 0 bridgehead atoms. The Balaban J connectivity index is 1.97. The fourth-order valence-electron chi connectivity index (χ4n) is 3.89. The molecule has 0 aromatic heterocycles. The lowest BCUT2D eigenvalue weighted by atomic mass is 10.0. The van der Waals surface area contributed by atoms with E-state index < -0.39 is 6.04 Å². The van der Waals surface area contributed by atoms with E-state index in [-0.39, 0.29) is 31.0 Å². The second kappa shape index (κ2) is 12.8. The van der Waals surface area contributed by atoms with E-state index in [1.807, 2.05) is 76.2 Å². The zero-order valence-electron chi connectivity index (χ0n) is 21.1. The van der Waals surface area contributed by atoms with Crippen LogP contribution in [0.15, 0.2) is 66.7 Å². The van der Waals surface area contributed by atoms with E-state index in [2.05, 4.69) is 5.32 Å². The molecule has 0 saturated heterocycles. The Hall–Kier alpha value is -3.02.